The lowest BCUT2D eigenvalue weighted by atomic mass is 9.64. The number of piperidine rings is 1. The van der Waals surface area contributed by atoms with Crippen LogP contribution in [0.15, 0.2) is 61.2 Å². The van der Waals surface area contributed by atoms with Gasteiger partial charge in [0.1, 0.15) is 0 Å². The summed E-state index contributed by atoms with van der Waals surface area (Å²) in [5.41, 5.74) is 1.35. The van der Waals surface area contributed by atoms with Crippen molar-refractivity contribution in [3.05, 3.63) is 82.4 Å². The standard InChI is InChI=1S/C27H33Cl2NO3S/c1-5-7-21-17-24(20-8-6-9-23(29)16-20)25(30-26(21)31)27(3,18(2)34(4,32)33)15-14-19-10-12-22(28)13-11-19/h5-6,8-13,16,18,21,24-25H,1,7,14-15,17H2,2-4H3,(H,30,31)/t18-,21-,24+,25-,27-/m0/s1. The molecule has 0 saturated carbocycles. The van der Waals surface area contributed by atoms with Gasteiger partial charge in [-0.1, -0.05) is 60.5 Å². The van der Waals surface area contributed by atoms with E-state index in [0.29, 0.717) is 35.7 Å². The molecule has 184 valence electrons. The highest BCUT2D eigenvalue weighted by Crippen LogP contribution is 2.46. The van der Waals surface area contributed by atoms with Crippen LogP contribution in [-0.4, -0.2) is 31.9 Å². The molecule has 1 fully saturated rings. The second kappa shape index (κ2) is 10.8. The van der Waals surface area contributed by atoms with Crippen LogP contribution in [0.2, 0.25) is 10.0 Å². The maximum absolute atomic E-state index is 13.1. The molecular weight excluding hydrogens is 489 g/mol. The topological polar surface area (TPSA) is 63.2 Å². The highest BCUT2D eigenvalue weighted by atomic mass is 35.5. The quantitative estimate of drug-likeness (QED) is 0.397. The van der Waals surface area contributed by atoms with Gasteiger partial charge in [-0.15, -0.1) is 6.58 Å². The molecule has 5 atom stereocenters. The summed E-state index contributed by atoms with van der Waals surface area (Å²) in [6, 6.07) is 14.9. The van der Waals surface area contributed by atoms with Crippen LogP contribution in [0.3, 0.4) is 0 Å². The smallest absolute Gasteiger partial charge is 0.223 e. The Kier molecular flexibility index (Phi) is 8.54. The van der Waals surface area contributed by atoms with Gasteiger partial charge in [0.2, 0.25) is 5.91 Å². The number of carbonyl (C=O) groups is 1. The Morgan fingerprint density at radius 2 is 1.85 bits per heavy atom. The second-order valence-corrected chi connectivity index (χ2v) is 12.9. The first-order valence-electron chi connectivity index (χ1n) is 11.6. The van der Waals surface area contributed by atoms with E-state index in [1.54, 1.807) is 13.0 Å². The summed E-state index contributed by atoms with van der Waals surface area (Å²) in [6.45, 7) is 7.56. The van der Waals surface area contributed by atoms with E-state index in [1.807, 2.05) is 55.5 Å². The number of benzene rings is 2. The van der Waals surface area contributed by atoms with E-state index in [1.165, 1.54) is 6.26 Å². The summed E-state index contributed by atoms with van der Waals surface area (Å²) in [5.74, 6) is -0.353. The molecule has 1 heterocycles. The Labute approximate surface area is 213 Å². The highest BCUT2D eigenvalue weighted by molar-refractivity contribution is 7.91. The van der Waals surface area contributed by atoms with Crippen molar-refractivity contribution < 1.29 is 13.2 Å². The van der Waals surface area contributed by atoms with E-state index in [9.17, 15) is 13.2 Å². The van der Waals surface area contributed by atoms with Crippen molar-refractivity contribution in [2.24, 2.45) is 11.3 Å². The van der Waals surface area contributed by atoms with E-state index in [-0.39, 0.29) is 23.8 Å². The molecule has 0 radical (unpaired) electrons. The van der Waals surface area contributed by atoms with Crippen LogP contribution in [0, 0.1) is 11.3 Å². The van der Waals surface area contributed by atoms with E-state index in [4.69, 9.17) is 23.2 Å². The van der Waals surface area contributed by atoms with Crippen molar-refractivity contribution in [2.75, 3.05) is 6.26 Å². The first-order chi connectivity index (χ1) is 16.0. The van der Waals surface area contributed by atoms with Gasteiger partial charge in [0.25, 0.3) is 0 Å². The number of allylic oxidation sites excluding steroid dienone is 1. The van der Waals surface area contributed by atoms with E-state index in [0.717, 1.165) is 11.1 Å². The average molecular weight is 523 g/mol. The largest absolute Gasteiger partial charge is 0.352 e. The monoisotopic (exact) mass is 521 g/mol. The fourth-order valence-electron chi connectivity index (χ4n) is 5.18. The van der Waals surface area contributed by atoms with Gasteiger partial charge in [-0.3, -0.25) is 4.79 Å². The maximum atomic E-state index is 13.1. The number of nitrogens with one attached hydrogen (secondary N) is 1. The minimum absolute atomic E-state index is 0.0541. The summed E-state index contributed by atoms with van der Waals surface area (Å²) in [7, 11) is -3.39. The zero-order valence-electron chi connectivity index (χ0n) is 19.9. The lowest BCUT2D eigenvalue weighted by Crippen LogP contribution is -2.60. The van der Waals surface area contributed by atoms with Crippen LogP contribution in [-0.2, 0) is 21.1 Å². The molecule has 4 nitrogen and oxygen atoms in total. The first kappa shape index (κ1) is 26.8. The number of rotatable bonds is 9. The zero-order valence-corrected chi connectivity index (χ0v) is 22.3. The molecule has 34 heavy (non-hydrogen) atoms. The summed E-state index contributed by atoms with van der Waals surface area (Å²) >= 11 is 12.4. The summed E-state index contributed by atoms with van der Waals surface area (Å²) < 4.78 is 25.7. The predicted molar refractivity (Wildman–Crippen MR) is 141 cm³/mol. The fourth-order valence-corrected chi connectivity index (χ4v) is 6.75. The first-order valence-corrected chi connectivity index (χ1v) is 14.3. The van der Waals surface area contributed by atoms with E-state index < -0.39 is 20.5 Å². The van der Waals surface area contributed by atoms with E-state index >= 15 is 0 Å². The van der Waals surface area contributed by atoms with Gasteiger partial charge in [0.05, 0.1) is 5.25 Å². The fraction of sp³-hybridized carbons (Fsp3) is 0.444. The molecule has 0 unspecified atom stereocenters. The number of amides is 1. The van der Waals surface area contributed by atoms with Crippen molar-refractivity contribution in [1.82, 2.24) is 5.32 Å². The molecule has 3 rings (SSSR count). The molecular formula is C27H33Cl2NO3S. The molecule has 0 bridgehead atoms. The Morgan fingerprint density at radius 3 is 2.44 bits per heavy atom. The Bertz CT molecular complexity index is 1130. The molecule has 1 N–H and O–H groups in total. The van der Waals surface area contributed by atoms with Crippen molar-refractivity contribution in [3.63, 3.8) is 0 Å². The molecule has 2 aromatic carbocycles. The normalized spacial score (nSPS) is 23.6. The van der Waals surface area contributed by atoms with Crippen molar-refractivity contribution in [3.8, 4) is 0 Å². The van der Waals surface area contributed by atoms with Crippen LogP contribution in [0.1, 0.15) is 50.2 Å². The second-order valence-electron chi connectivity index (χ2n) is 9.71. The third-order valence-corrected chi connectivity index (χ3v) is 9.79. The SMILES string of the molecule is C=CC[C@H]1C[C@H](c2cccc(Cl)c2)[C@@H]([C@@](C)(CCc2ccc(Cl)cc2)[C@H](C)S(C)(=O)=O)NC1=O. The van der Waals surface area contributed by atoms with Crippen LogP contribution in [0.25, 0.3) is 0 Å². The van der Waals surface area contributed by atoms with Gasteiger partial charge in [-0.05, 0) is 68.0 Å². The van der Waals surface area contributed by atoms with Gasteiger partial charge >= 0.3 is 0 Å². The van der Waals surface area contributed by atoms with Crippen LogP contribution < -0.4 is 5.32 Å². The Balaban J connectivity index is 2.06. The van der Waals surface area contributed by atoms with Crippen molar-refractivity contribution in [1.29, 1.82) is 0 Å². The molecule has 0 spiro atoms. The average Bonchev–Trinajstić information content (AvgIpc) is 2.78. The zero-order chi connectivity index (χ0) is 25.1. The number of sulfone groups is 1. The van der Waals surface area contributed by atoms with Gasteiger partial charge in [0, 0.05) is 39.6 Å². The number of hydrogen-bond donors (Lipinski definition) is 1. The molecule has 1 saturated heterocycles. The third-order valence-electron chi connectivity index (χ3n) is 7.48. The Hall–Kier alpha value is -1.82. The molecule has 2 aromatic rings. The minimum Gasteiger partial charge on any atom is -0.352 e. The highest BCUT2D eigenvalue weighted by Gasteiger charge is 2.50. The van der Waals surface area contributed by atoms with Gasteiger partial charge in [-0.2, -0.15) is 0 Å². The maximum Gasteiger partial charge on any atom is 0.223 e. The van der Waals surface area contributed by atoms with Crippen molar-refractivity contribution in [2.45, 2.75) is 56.7 Å². The van der Waals surface area contributed by atoms with Gasteiger partial charge in [-0.25, -0.2) is 8.42 Å². The van der Waals surface area contributed by atoms with Crippen molar-refractivity contribution >= 4 is 38.9 Å². The molecule has 1 aliphatic rings. The third kappa shape index (κ3) is 6.05. The lowest BCUT2D eigenvalue weighted by Gasteiger charge is -2.49. The molecule has 1 aliphatic heterocycles. The molecule has 0 aromatic heterocycles. The summed E-state index contributed by atoms with van der Waals surface area (Å²) in [4.78, 5) is 13.1. The summed E-state index contributed by atoms with van der Waals surface area (Å²) in [6.07, 6.45) is 5.46. The number of hydrogen-bond acceptors (Lipinski definition) is 3. The molecule has 1 amide bonds. The summed E-state index contributed by atoms with van der Waals surface area (Å²) in [5, 5.41) is 3.85. The van der Waals surface area contributed by atoms with E-state index in [2.05, 4.69) is 11.9 Å². The van der Waals surface area contributed by atoms with Gasteiger partial charge in [0.15, 0.2) is 9.84 Å². The lowest BCUT2D eigenvalue weighted by molar-refractivity contribution is -0.130. The van der Waals surface area contributed by atoms with Crippen LogP contribution in [0.4, 0.5) is 0 Å². The van der Waals surface area contributed by atoms with Crippen LogP contribution in [0.5, 0.6) is 0 Å². The predicted octanol–water partition coefficient (Wildman–Crippen LogP) is 6.23. The number of carbonyl (C=O) groups excluding carboxylic acids is 1. The molecule has 0 aliphatic carbocycles. The van der Waals surface area contributed by atoms with Crippen LogP contribution >= 0.6 is 23.2 Å². The number of halogens is 2. The van der Waals surface area contributed by atoms with Gasteiger partial charge < -0.3 is 5.32 Å². The Morgan fingerprint density at radius 1 is 1.18 bits per heavy atom. The number of aryl methyl sites for hydroxylation is 1. The minimum atomic E-state index is -3.39. The molecule has 7 heteroatoms.